The Hall–Kier alpha value is -0.830. The van der Waals surface area contributed by atoms with E-state index in [0.717, 1.165) is 31.4 Å². The first-order valence-corrected chi connectivity index (χ1v) is 7.38. The summed E-state index contributed by atoms with van der Waals surface area (Å²) in [7, 11) is 0. The van der Waals surface area contributed by atoms with Crippen LogP contribution in [-0.2, 0) is 6.54 Å². The van der Waals surface area contributed by atoms with Gasteiger partial charge in [-0.2, -0.15) is 0 Å². The highest BCUT2D eigenvalue weighted by molar-refractivity contribution is 4.88. The van der Waals surface area contributed by atoms with Crippen LogP contribution in [0, 0.1) is 12.8 Å². The van der Waals surface area contributed by atoms with E-state index < -0.39 is 0 Å². The number of hydrogen-bond donors (Lipinski definition) is 1. The maximum atomic E-state index is 4.21. The molecule has 0 bridgehead atoms. The first kappa shape index (κ1) is 15.2. The van der Waals surface area contributed by atoms with Crippen LogP contribution in [0.1, 0.15) is 51.8 Å². The largest absolute Gasteiger partial charge is 0.334 e. The summed E-state index contributed by atoms with van der Waals surface area (Å²) in [6, 6.07) is 0. The van der Waals surface area contributed by atoms with Crippen molar-refractivity contribution in [3.63, 3.8) is 0 Å². The molecule has 1 rings (SSSR count). The second-order valence-electron chi connectivity index (χ2n) is 5.51. The maximum absolute atomic E-state index is 4.21. The van der Waals surface area contributed by atoms with Gasteiger partial charge >= 0.3 is 0 Å². The van der Waals surface area contributed by atoms with E-state index in [1.54, 1.807) is 0 Å². The van der Waals surface area contributed by atoms with Crippen LogP contribution in [0.4, 0.5) is 0 Å². The first-order chi connectivity index (χ1) is 8.70. The van der Waals surface area contributed by atoms with Crippen molar-refractivity contribution in [2.75, 3.05) is 13.1 Å². The maximum Gasteiger partial charge on any atom is 0.105 e. The summed E-state index contributed by atoms with van der Waals surface area (Å²) in [5.74, 6) is 1.96. The highest BCUT2D eigenvalue weighted by atomic mass is 15.1. The molecule has 0 saturated carbocycles. The van der Waals surface area contributed by atoms with Crippen LogP contribution in [0.25, 0.3) is 0 Å². The minimum Gasteiger partial charge on any atom is -0.334 e. The van der Waals surface area contributed by atoms with Gasteiger partial charge in [-0.15, -0.1) is 0 Å². The van der Waals surface area contributed by atoms with Crippen LogP contribution in [0.15, 0.2) is 12.4 Å². The van der Waals surface area contributed by atoms with Gasteiger partial charge in [0.25, 0.3) is 0 Å². The molecule has 104 valence electrons. The van der Waals surface area contributed by atoms with E-state index in [0.29, 0.717) is 0 Å². The number of nitrogens with zero attached hydrogens (tertiary/aromatic N) is 2. The molecule has 0 aliphatic carbocycles. The van der Waals surface area contributed by atoms with Gasteiger partial charge in [0.2, 0.25) is 0 Å². The van der Waals surface area contributed by atoms with E-state index in [-0.39, 0.29) is 0 Å². The number of rotatable bonds is 10. The molecule has 0 atom stereocenters. The number of imidazole rings is 1. The van der Waals surface area contributed by atoms with Crippen molar-refractivity contribution in [2.45, 2.75) is 59.4 Å². The molecule has 0 fully saturated rings. The predicted octanol–water partition coefficient (Wildman–Crippen LogP) is 3.39. The van der Waals surface area contributed by atoms with E-state index in [2.05, 4.69) is 35.6 Å². The molecule has 1 aromatic heterocycles. The van der Waals surface area contributed by atoms with Gasteiger partial charge in [-0.3, -0.25) is 0 Å². The molecule has 0 saturated heterocycles. The predicted molar refractivity (Wildman–Crippen MR) is 77.8 cm³/mol. The Balaban J connectivity index is 1.86. The van der Waals surface area contributed by atoms with Gasteiger partial charge < -0.3 is 9.88 Å². The van der Waals surface area contributed by atoms with Crippen molar-refractivity contribution in [1.29, 1.82) is 0 Å². The Morgan fingerprint density at radius 1 is 1.17 bits per heavy atom. The molecule has 0 aromatic carbocycles. The zero-order chi connectivity index (χ0) is 13.2. The third kappa shape index (κ3) is 6.80. The van der Waals surface area contributed by atoms with Gasteiger partial charge in [0.05, 0.1) is 0 Å². The number of aromatic nitrogens is 2. The van der Waals surface area contributed by atoms with Crippen molar-refractivity contribution in [2.24, 2.45) is 5.92 Å². The van der Waals surface area contributed by atoms with Gasteiger partial charge in [-0.1, -0.05) is 39.5 Å². The molecule has 0 aliphatic heterocycles. The lowest BCUT2D eigenvalue weighted by atomic mass is 10.0. The van der Waals surface area contributed by atoms with Crippen molar-refractivity contribution in [3.8, 4) is 0 Å². The van der Waals surface area contributed by atoms with Gasteiger partial charge in [0.15, 0.2) is 0 Å². The molecule has 0 amide bonds. The lowest BCUT2D eigenvalue weighted by molar-refractivity contribution is 0.507. The van der Waals surface area contributed by atoms with Crippen LogP contribution < -0.4 is 5.32 Å². The topological polar surface area (TPSA) is 29.9 Å². The minimum atomic E-state index is 0.863. The van der Waals surface area contributed by atoms with Crippen molar-refractivity contribution >= 4 is 0 Å². The summed E-state index contributed by atoms with van der Waals surface area (Å²) in [4.78, 5) is 4.21. The molecule has 0 unspecified atom stereocenters. The fourth-order valence-corrected chi connectivity index (χ4v) is 2.12. The lowest BCUT2D eigenvalue weighted by Gasteiger charge is -2.07. The monoisotopic (exact) mass is 251 g/mol. The zero-order valence-electron chi connectivity index (χ0n) is 12.3. The SMILES string of the molecule is Cc1nccn1CCNCCCCCCC(C)C. The van der Waals surface area contributed by atoms with E-state index >= 15 is 0 Å². The van der Waals surface area contributed by atoms with Crippen LogP contribution >= 0.6 is 0 Å². The summed E-state index contributed by atoms with van der Waals surface area (Å²) in [6.45, 7) is 9.88. The van der Waals surface area contributed by atoms with Crippen molar-refractivity contribution in [1.82, 2.24) is 14.9 Å². The normalized spacial score (nSPS) is 11.3. The van der Waals surface area contributed by atoms with E-state index in [4.69, 9.17) is 0 Å². The smallest absolute Gasteiger partial charge is 0.105 e. The summed E-state index contributed by atoms with van der Waals surface area (Å²) in [6.07, 6.45) is 10.7. The third-order valence-corrected chi connectivity index (χ3v) is 3.34. The lowest BCUT2D eigenvalue weighted by Crippen LogP contribution is -2.21. The fourth-order valence-electron chi connectivity index (χ4n) is 2.12. The molecule has 18 heavy (non-hydrogen) atoms. The van der Waals surface area contributed by atoms with Gasteiger partial charge in [-0.25, -0.2) is 4.98 Å². The van der Waals surface area contributed by atoms with Crippen molar-refractivity contribution in [3.05, 3.63) is 18.2 Å². The van der Waals surface area contributed by atoms with E-state index in [1.165, 1.54) is 32.1 Å². The average molecular weight is 251 g/mol. The quantitative estimate of drug-likeness (QED) is 0.646. The summed E-state index contributed by atoms with van der Waals surface area (Å²) in [5, 5.41) is 3.50. The summed E-state index contributed by atoms with van der Waals surface area (Å²) < 4.78 is 2.19. The second-order valence-corrected chi connectivity index (χ2v) is 5.51. The van der Waals surface area contributed by atoms with Crippen molar-refractivity contribution < 1.29 is 0 Å². The van der Waals surface area contributed by atoms with E-state index in [9.17, 15) is 0 Å². The van der Waals surface area contributed by atoms with Crippen LogP contribution in [0.3, 0.4) is 0 Å². The van der Waals surface area contributed by atoms with Gasteiger partial charge in [0, 0.05) is 25.5 Å². The molecule has 1 heterocycles. The average Bonchev–Trinajstić information content (AvgIpc) is 2.72. The minimum absolute atomic E-state index is 0.863. The summed E-state index contributed by atoms with van der Waals surface area (Å²) >= 11 is 0. The Kier molecular flexibility index (Phi) is 7.74. The number of hydrogen-bond acceptors (Lipinski definition) is 2. The zero-order valence-corrected chi connectivity index (χ0v) is 12.3. The highest BCUT2D eigenvalue weighted by Crippen LogP contribution is 2.08. The molecular weight excluding hydrogens is 222 g/mol. The third-order valence-electron chi connectivity index (χ3n) is 3.34. The summed E-state index contributed by atoms with van der Waals surface area (Å²) in [5.41, 5.74) is 0. The van der Waals surface area contributed by atoms with Crippen LogP contribution in [0.2, 0.25) is 0 Å². The van der Waals surface area contributed by atoms with Gasteiger partial charge in [0.1, 0.15) is 5.82 Å². The van der Waals surface area contributed by atoms with Crippen LogP contribution in [-0.4, -0.2) is 22.6 Å². The van der Waals surface area contributed by atoms with Crippen LogP contribution in [0.5, 0.6) is 0 Å². The standard InChI is InChI=1S/C15H29N3/c1-14(2)8-6-4-5-7-9-16-10-12-18-13-11-17-15(18)3/h11,13-14,16H,4-10,12H2,1-3H3. The Bertz CT molecular complexity index is 304. The number of unbranched alkanes of at least 4 members (excludes halogenated alkanes) is 3. The molecule has 0 radical (unpaired) electrons. The molecule has 0 aliphatic rings. The Labute approximate surface area is 112 Å². The number of aryl methyl sites for hydroxylation is 1. The molecule has 0 spiro atoms. The molecule has 1 aromatic rings. The molecular formula is C15H29N3. The Morgan fingerprint density at radius 2 is 1.94 bits per heavy atom. The second kappa shape index (κ2) is 9.15. The number of nitrogens with one attached hydrogen (secondary N) is 1. The van der Waals surface area contributed by atoms with E-state index in [1.807, 2.05) is 12.4 Å². The Morgan fingerprint density at radius 3 is 2.61 bits per heavy atom. The molecule has 3 heteroatoms. The first-order valence-electron chi connectivity index (χ1n) is 7.38. The van der Waals surface area contributed by atoms with Gasteiger partial charge in [-0.05, 0) is 25.8 Å². The fraction of sp³-hybridized carbons (Fsp3) is 0.800. The molecule has 1 N–H and O–H groups in total. The highest BCUT2D eigenvalue weighted by Gasteiger charge is 1.96. The molecule has 3 nitrogen and oxygen atoms in total.